The molecule has 0 aliphatic carbocycles. The maximum absolute atomic E-state index is 11.9. The summed E-state index contributed by atoms with van der Waals surface area (Å²) in [7, 11) is 1.65. The Labute approximate surface area is 152 Å². The number of H-pyrrole nitrogens is 1. The summed E-state index contributed by atoms with van der Waals surface area (Å²) in [5.41, 5.74) is 0.848. The van der Waals surface area contributed by atoms with E-state index >= 15 is 0 Å². The van der Waals surface area contributed by atoms with Crippen LogP contribution in [0.4, 0.5) is 5.82 Å². The Morgan fingerprint density at radius 2 is 2.32 bits per heavy atom. The van der Waals surface area contributed by atoms with Gasteiger partial charge >= 0.3 is 0 Å². The number of ether oxygens (including phenoxy) is 1. The molecule has 2 aromatic heterocycles. The van der Waals surface area contributed by atoms with E-state index in [1.54, 1.807) is 25.6 Å². The molecule has 0 bridgehead atoms. The summed E-state index contributed by atoms with van der Waals surface area (Å²) >= 11 is 5.23. The number of rotatable bonds is 9. The molecule has 8 heteroatoms. The second-order valence-electron chi connectivity index (χ2n) is 5.67. The molecule has 2 aromatic rings. The largest absolute Gasteiger partial charge is 0.385 e. The lowest BCUT2D eigenvalue weighted by Gasteiger charge is -2.15. The van der Waals surface area contributed by atoms with Crippen LogP contribution >= 0.6 is 12.2 Å². The van der Waals surface area contributed by atoms with Gasteiger partial charge in [-0.2, -0.15) is 0 Å². The van der Waals surface area contributed by atoms with E-state index in [9.17, 15) is 4.79 Å². The van der Waals surface area contributed by atoms with Gasteiger partial charge in [0.2, 0.25) is 5.91 Å². The van der Waals surface area contributed by atoms with E-state index in [0.29, 0.717) is 30.0 Å². The number of aromatic nitrogens is 3. The van der Waals surface area contributed by atoms with E-state index in [0.717, 1.165) is 17.8 Å². The fourth-order valence-electron chi connectivity index (χ4n) is 2.29. The van der Waals surface area contributed by atoms with E-state index < -0.39 is 0 Å². The summed E-state index contributed by atoms with van der Waals surface area (Å²) in [6.07, 6.45) is 4.58. The minimum Gasteiger partial charge on any atom is -0.385 e. The highest BCUT2D eigenvalue weighted by atomic mass is 32.1. The minimum absolute atomic E-state index is 0.00348. The molecule has 134 valence electrons. The minimum atomic E-state index is -0.0581. The van der Waals surface area contributed by atoms with Crippen LogP contribution in [-0.4, -0.2) is 47.2 Å². The monoisotopic (exact) mass is 361 g/mol. The first-order valence-electron chi connectivity index (χ1n) is 8.12. The van der Waals surface area contributed by atoms with Gasteiger partial charge < -0.3 is 20.4 Å². The second-order valence-corrected chi connectivity index (χ2v) is 6.09. The molecule has 0 saturated carbocycles. The number of aromatic amines is 1. The van der Waals surface area contributed by atoms with Gasteiger partial charge in [-0.1, -0.05) is 12.2 Å². The number of amides is 1. The van der Waals surface area contributed by atoms with Crippen molar-refractivity contribution in [3.63, 3.8) is 0 Å². The molecule has 0 aliphatic rings. The molecule has 3 N–H and O–H groups in total. The molecule has 25 heavy (non-hydrogen) atoms. The average molecular weight is 361 g/mol. The summed E-state index contributed by atoms with van der Waals surface area (Å²) in [5, 5.41) is 6.13. The summed E-state index contributed by atoms with van der Waals surface area (Å²) in [6.45, 7) is 3.19. The molecule has 1 amide bonds. The lowest BCUT2D eigenvalue weighted by Crippen LogP contribution is -2.30. The van der Waals surface area contributed by atoms with Gasteiger partial charge in [0.1, 0.15) is 16.3 Å². The van der Waals surface area contributed by atoms with Crippen LogP contribution in [0.15, 0.2) is 30.6 Å². The first-order valence-corrected chi connectivity index (χ1v) is 8.53. The van der Waals surface area contributed by atoms with Crippen molar-refractivity contribution in [2.45, 2.75) is 25.8 Å². The summed E-state index contributed by atoms with van der Waals surface area (Å²) in [5.74, 6) is 1.36. The Bertz CT molecular complexity index is 735. The van der Waals surface area contributed by atoms with Gasteiger partial charge in [0, 0.05) is 56.7 Å². The van der Waals surface area contributed by atoms with Gasteiger partial charge in [-0.15, -0.1) is 0 Å². The molecule has 1 atom stereocenters. The lowest BCUT2D eigenvalue weighted by molar-refractivity contribution is -0.121. The SMILES string of the molecule is COCCCNC(=O)C[C@H](C)Nc1cc(=S)nc(-c2cccnc2)[nH]1. The van der Waals surface area contributed by atoms with Gasteiger partial charge in [-0.05, 0) is 25.5 Å². The molecule has 2 rings (SSSR count). The van der Waals surface area contributed by atoms with Crippen LogP contribution < -0.4 is 10.6 Å². The molecule has 0 fully saturated rings. The number of nitrogens with one attached hydrogen (secondary N) is 3. The van der Waals surface area contributed by atoms with Crippen molar-refractivity contribution in [3.8, 4) is 11.4 Å². The van der Waals surface area contributed by atoms with Gasteiger partial charge in [-0.25, -0.2) is 4.98 Å². The highest BCUT2D eigenvalue weighted by Crippen LogP contribution is 2.16. The Kier molecular flexibility index (Phi) is 7.49. The Morgan fingerprint density at radius 3 is 3.04 bits per heavy atom. The summed E-state index contributed by atoms with van der Waals surface area (Å²) in [6, 6.07) is 5.42. The van der Waals surface area contributed by atoms with Crippen LogP contribution in [0.1, 0.15) is 19.8 Å². The Hall–Kier alpha value is -2.32. The number of anilines is 1. The van der Waals surface area contributed by atoms with Crippen molar-refractivity contribution >= 4 is 23.9 Å². The zero-order valence-electron chi connectivity index (χ0n) is 14.4. The molecular weight excluding hydrogens is 338 g/mol. The zero-order chi connectivity index (χ0) is 18.1. The molecular formula is C17H23N5O2S. The molecule has 0 aromatic carbocycles. The zero-order valence-corrected chi connectivity index (χ0v) is 15.2. The predicted molar refractivity (Wildman–Crippen MR) is 99.9 cm³/mol. The third kappa shape index (κ3) is 6.60. The molecule has 0 aliphatic heterocycles. The number of nitrogens with zero attached hydrogens (tertiary/aromatic N) is 2. The topological polar surface area (TPSA) is 91.9 Å². The van der Waals surface area contributed by atoms with Gasteiger partial charge in [0.15, 0.2) is 0 Å². The van der Waals surface area contributed by atoms with Gasteiger partial charge in [-0.3, -0.25) is 9.78 Å². The van der Waals surface area contributed by atoms with Crippen molar-refractivity contribution in [3.05, 3.63) is 35.2 Å². The van der Waals surface area contributed by atoms with E-state index in [1.165, 1.54) is 0 Å². The van der Waals surface area contributed by atoms with Crippen LogP contribution in [0, 0.1) is 4.64 Å². The molecule has 0 unspecified atom stereocenters. The average Bonchev–Trinajstić information content (AvgIpc) is 2.59. The number of methoxy groups -OCH3 is 1. The number of hydrogen-bond donors (Lipinski definition) is 3. The number of pyridine rings is 1. The molecule has 2 heterocycles. The van der Waals surface area contributed by atoms with E-state index in [-0.39, 0.29) is 11.9 Å². The van der Waals surface area contributed by atoms with Gasteiger partial charge in [0.05, 0.1) is 0 Å². The Morgan fingerprint density at radius 1 is 1.48 bits per heavy atom. The van der Waals surface area contributed by atoms with Crippen LogP contribution in [-0.2, 0) is 9.53 Å². The highest BCUT2D eigenvalue weighted by molar-refractivity contribution is 7.71. The van der Waals surface area contributed by atoms with Crippen LogP contribution in [0.25, 0.3) is 11.4 Å². The molecule has 0 spiro atoms. The number of hydrogen-bond acceptors (Lipinski definition) is 6. The van der Waals surface area contributed by atoms with Crippen molar-refractivity contribution < 1.29 is 9.53 Å². The Balaban J connectivity index is 1.94. The molecule has 7 nitrogen and oxygen atoms in total. The quantitative estimate of drug-likeness (QED) is 0.470. The first-order chi connectivity index (χ1) is 12.1. The summed E-state index contributed by atoms with van der Waals surface area (Å²) < 4.78 is 5.42. The first kappa shape index (κ1) is 19.0. The van der Waals surface area contributed by atoms with Crippen molar-refractivity contribution in [1.82, 2.24) is 20.3 Å². The van der Waals surface area contributed by atoms with E-state index in [4.69, 9.17) is 17.0 Å². The third-order valence-corrected chi connectivity index (χ3v) is 3.63. The molecule has 0 radical (unpaired) electrons. The van der Waals surface area contributed by atoms with E-state index in [2.05, 4.69) is 25.6 Å². The van der Waals surface area contributed by atoms with Crippen LogP contribution in [0.5, 0.6) is 0 Å². The fraction of sp³-hybridized carbons (Fsp3) is 0.412. The van der Waals surface area contributed by atoms with Crippen molar-refractivity contribution in [2.24, 2.45) is 0 Å². The summed E-state index contributed by atoms with van der Waals surface area (Å²) in [4.78, 5) is 23.5. The van der Waals surface area contributed by atoms with Crippen molar-refractivity contribution in [1.29, 1.82) is 0 Å². The standard InChI is InChI=1S/C17H23N5O2S/c1-12(9-15(23)19-7-4-8-24-2)20-14-10-16(25)22-17(21-14)13-5-3-6-18-11-13/h3,5-6,10-12H,4,7-9H2,1-2H3,(H,19,23)(H2,20,21,22,25)/t12-/m0/s1. The molecule has 0 saturated heterocycles. The third-order valence-electron chi connectivity index (χ3n) is 3.42. The number of carbonyl (C=O) groups is 1. The van der Waals surface area contributed by atoms with Crippen molar-refractivity contribution in [2.75, 3.05) is 25.6 Å². The smallest absolute Gasteiger partial charge is 0.222 e. The van der Waals surface area contributed by atoms with E-state index in [1.807, 2.05) is 19.1 Å². The maximum Gasteiger partial charge on any atom is 0.222 e. The lowest BCUT2D eigenvalue weighted by atomic mass is 10.2. The van der Waals surface area contributed by atoms with Crippen LogP contribution in [0.2, 0.25) is 0 Å². The number of carbonyl (C=O) groups excluding carboxylic acids is 1. The highest BCUT2D eigenvalue weighted by Gasteiger charge is 2.10. The maximum atomic E-state index is 11.9. The second kappa shape index (κ2) is 9.85. The normalized spacial score (nSPS) is 11.8. The predicted octanol–water partition coefficient (Wildman–Crippen LogP) is 2.54. The van der Waals surface area contributed by atoms with Gasteiger partial charge in [0.25, 0.3) is 0 Å². The van der Waals surface area contributed by atoms with Crippen LogP contribution in [0.3, 0.4) is 0 Å². The fourth-order valence-corrected chi connectivity index (χ4v) is 2.50.